The fourth-order valence-corrected chi connectivity index (χ4v) is 3.91. The summed E-state index contributed by atoms with van der Waals surface area (Å²) in [5.74, 6) is -0.859. The minimum absolute atomic E-state index is 0.0809. The highest BCUT2D eigenvalue weighted by molar-refractivity contribution is 8.26. The van der Waals surface area contributed by atoms with Gasteiger partial charge in [0.1, 0.15) is 15.8 Å². The van der Waals surface area contributed by atoms with Gasteiger partial charge in [0.05, 0.1) is 15.4 Å². The first-order valence-electron chi connectivity index (χ1n) is 8.15. The maximum atomic E-state index is 12.5. The Balaban J connectivity index is 1.79. The summed E-state index contributed by atoms with van der Waals surface area (Å²) in [5, 5.41) is 21.7. The van der Waals surface area contributed by atoms with Gasteiger partial charge in [-0.3, -0.25) is 19.8 Å². The van der Waals surface area contributed by atoms with Gasteiger partial charge in [0, 0.05) is 24.7 Å². The predicted molar refractivity (Wildman–Crippen MR) is 105 cm³/mol. The van der Waals surface area contributed by atoms with E-state index >= 15 is 0 Å². The summed E-state index contributed by atoms with van der Waals surface area (Å²) >= 11 is 6.26. The number of hydrogen-bond donors (Lipinski definition) is 0. The summed E-state index contributed by atoms with van der Waals surface area (Å²) < 4.78 is 5.99. The number of nitro groups is 1. The van der Waals surface area contributed by atoms with Gasteiger partial charge in [-0.25, -0.2) is 0 Å². The molecule has 3 rings (SSSR count). The van der Waals surface area contributed by atoms with E-state index in [9.17, 15) is 24.8 Å². The number of carboxylic acids is 1. The minimum Gasteiger partial charge on any atom is -0.550 e. The SMILES string of the molecule is O=C([O-])CCCN1C(=O)/C(=C\c2ccc(-c3ccccc3[N+](=O)[O-])o2)SC1=S. The van der Waals surface area contributed by atoms with E-state index in [1.807, 2.05) is 0 Å². The summed E-state index contributed by atoms with van der Waals surface area (Å²) in [6.45, 7) is 0.190. The molecule has 1 aromatic heterocycles. The zero-order valence-electron chi connectivity index (χ0n) is 14.3. The van der Waals surface area contributed by atoms with Gasteiger partial charge in [-0.05, 0) is 31.0 Å². The van der Waals surface area contributed by atoms with Gasteiger partial charge >= 0.3 is 0 Å². The van der Waals surface area contributed by atoms with Crippen LogP contribution in [0, 0.1) is 10.1 Å². The number of nitro benzene ring substituents is 1. The molecule has 0 unspecified atom stereocenters. The average molecular weight is 417 g/mol. The van der Waals surface area contributed by atoms with Crippen molar-refractivity contribution in [2.24, 2.45) is 0 Å². The number of carbonyl (C=O) groups is 2. The highest BCUT2D eigenvalue weighted by atomic mass is 32.2. The molecule has 28 heavy (non-hydrogen) atoms. The van der Waals surface area contributed by atoms with E-state index in [1.165, 1.54) is 17.0 Å². The number of thiocarbonyl (C=S) groups is 1. The highest BCUT2D eigenvalue weighted by Gasteiger charge is 2.31. The summed E-state index contributed by atoms with van der Waals surface area (Å²) in [7, 11) is 0. The number of carbonyl (C=O) groups excluding carboxylic acids is 2. The monoisotopic (exact) mass is 417 g/mol. The molecule has 1 aromatic carbocycles. The van der Waals surface area contributed by atoms with Crippen molar-refractivity contribution in [2.75, 3.05) is 6.54 Å². The Morgan fingerprint density at radius 2 is 2.04 bits per heavy atom. The van der Waals surface area contributed by atoms with E-state index < -0.39 is 10.9 Å². The lowest BCUT2D eigenvalue weighted by molar-refractivity contribution is -0.384. The second-order valence-electron chi connectivity index (χ2n) is 5.79. The van der Waals surface area contributed by atoms with Gasteiger partial charge < -0.3 is 14.3 Å². The van der Waals surface area contributed by atoms with Crippen molar-refractivity contribution < 1.29 is 24.0 Å². The molecular formula is C18H13N2O6S2-. The molecule has 0 bridgehead atoms. The molecule has 0 atom stereocenters. The van der Waals surface area contributed by atoms with E-state index in [0.717, 1.165) is 11.8 Å². The van der Waals surface area contributed by atoms with Gasteiger partial charge in [0.2, 0.25) is 0 Å². The summed E-state index contributed by atoms with van der Waals surface area (Å²) in [6.07, 6.45) is 1.59. The minimum atomic E-state index is -1.18. The first-order chi connectivity index (χ1) is 13.4. The smallest absolute Gasteiger partial charge is 0.280 e. The third kappa shape index (κ3) is 4.29. The number of furan rings is 1. The van der Waals surface area contributed by atoms with Crippen molar-refractivity contribution in [3.8, 4) is 11.3 Å². The number of rotatable bonds is 7. The molecule has 1 aliphatic rings. The van der Waals surface area contributed by atoms with Crippen LogP contribution in [-0.2, 0) is 9.59 Å². The fraction of sp³-hybridized carbons (Fsp3) is 0.167. The molecule has 144 valence electrons. The largest absolute Gasteiger partial charge is 0.550 e. The summed E-state index contributed by atoms with van der Waals surface area (Å²) in [6, 6.07) is 9.40. The number of benzene rings is 1. The Hall–Kier alpha value is -2.98. The topological polar surface area (TPSA) is 117 Å². The van der Waals surface area contributed by atoms with Gasteiger partial charge in [-0.15, -0.1) is 0 Å². The number of aliphatic carboxylic acids is 1. The number of thioether (sulfide) groups is 1. The van der Waals surface area contributed by atoms with Gasteiger partial charge in [0.15, 0.2) is 0 Å². The molecule has 1 aliphatic heterocycles. The van der Waals surface area contributed by atoms with Crippen LogP contribution in [0.1, 0.15) is 18.6 Å². The van der Waals surface area contributed by atoms with Crippen molar-refractivity contribution in [3.05, 3.63) is 57.2 Å². The summed E-state index contributed by atoms with van der Waals surface area (Å²) in [4.78, 5) is 35.3. The normalized spacial score (nSPS) is 15.4. The van der Waals surface area contributed by atoms with Crippen molar-refractivity contribution in [1.82, 2.24) is 4.90 Å². The quantitative estimate of drug-likeness (QED) is 0.292. The molecule has 0 N–H and O–H groups in total. The van der Waals surface area contributed by atoms with Crippen LogP contribution in [0.15, 0.2) is 45.7 Å². The lowest BCUT2D eigenvalue weighted by Gasteiger charge is -2.14. The van der Waals surface area contributed by atoms with Crippen molar-refractivity contribution >= 4 is 51.9 Å². The van der Waals surface area contributed by atoms with Crippen LogP contribution >= 0.6 is 24.0 Å². The molecule has 1 saturated heterocycles. The Labute approximate surface area is 169 Å². The average Bonchev–Trinajstić information content (AvgIpc) is 3.21. The molecule has 2 heterocycles. The van der Waals surface area contributed by atoms with E-state index in [0.29, 0.717) is 26.3 Å². The standard InChI is InChI=1S/C18H14N2O6S2/c21-16(22)6-3-9-19-17(23)15(28-18(19)27)10-11-7-8-14(26-11)12-4-1-2-5-13(12)20(24)25/h1-2,4-5,7-8,10H,3,6,9H2,(H,21,22)/p-1/b15-10+. The van der Waals surface area contributed by atoms with Crippen LogP contribution in [0.2, 0.25) is 0 Å². The van der Waals surface area contributed by atoms with Gasteiger partial charge in [0.25, 0.3) is 11.6 Å². The Morgan fingerprint density at radius 3 is 2.75 bits per heavy atom. The number of para-hydroxylation sites is 1. The molecule has 8 nitrogen and oxygen atoms in total. The van der Waals surface area contributed by atoms with Crippen molar-refractivity contribution in [2.45, 2.75) is 12.8 Å². The first kappa shape index (κ1) is 19.8. The van der Waals surface area contributed by atoms with E-state index in [-0.39, 0.29) is 31.0 Å². The van der Waals surface area contributed by atoms with Crippen LogP contribution in [0.25, 0.3) is 17.4 Å². The van der Waals surface area contributed by atoms with Crippen LogP contribution in [-0.4, -0.2) is 32.6 Å². The maximum absolute atomic E-state index is 12.5. The third-order valence-corrected chi connectivity index (χ3v) is 5.28. The zero-order valence-corrected chi connectivity index (χ0v) is 16.0. The Morgan fingerprint density at radius 1 is 1.29 bits per heavy atom. The van der Waals surface area contributed by atoms with Crippen molar-refractivity contribution in [3.63, 3.8) is 0 Å². The molecule has 0 saturated carbocycles. The number of carboxylic acid groups (broad SMARTS) is 1. The molecule has 0 aliphatic carbocycles. The molecule has 1 fully saturated rings. The van der Waals surface area contributed by atoms with E-state index in [1.54, 1.807) is 30.3 Å². The maximum Gasteiger partial charge on any atom is 0.280 e. The van der Waals surface area contributed by atoms with E-state index in [2.05, 4.69) is 0 Å². The fourth-order valence-electron chi connectivity index (χ4n) is 2.62. The van der Waals surface area contributed by atoms with Crippen LogP contribution in [0.3, 0.4) is 0 Å². The molecular weight excluding hydrogens is 404 g/mol. The Kier molecular flexibility index (Phi) is 5.90. The van der Waals surface area contributed by atoms with Crippen molar-refractivity contribution in [1.29, 1.82) is 0 Å². The lowest BCUT2D eigenvalue weighted by Crippen LogP contribution is -2.30. The first-order valence-corrected chi connectivity index (χ1v) is 9.38. The molecule has 0 spiro atoms. The van der Waals surface area contributed by atoms with Crippen LogP contribution < -0.4 is 5.11 Å². The molecule has 1 amide bonds. The van der Waals surface area contributed by atoms with Crippen LogP contribution in [0.5, 0.6) is 0 Å². The van der Waals surface area contributed by atoms with E-state index in [4.69, 9.17) is 16.6 Å². The van der Waals surface area contributed by atoms with Gasteiger partial charge in [-0.1, -0.05) is 36.1 Å². The second kappa shape index (κ2) is 8.36. The van der Waals surface area contributed by atoms with Gasteiger partial charge in [-0.2, -0.15) is 0 Å². The number of nitrogens with zero attached hydrogens (tertiary/aromatic N) is 2. The number of amides is 1. The second-order valence-corrected chi connectivity index (χ2v) is 7.46. The lowest BCUT2D eigenvalue weighted by atomic mass is 10.1. The summed E-state index contributed by atoms with van der Waals surface area (Å²) in [5.41, 5.74) is 0.254. The zero-order chi connectivity index (χ0) is 20.3. The molecule has 0 radical (unpaired) electrons. The Bertz CT molecular complexity index is 997. The van der Waals surface area contributed by atoms with Crippen LogP contribution in [0.4, 0.5) is 5.69 Å². The highest BCUT2D eigenvalue weighted by Crippen LogP contribution is 2.35. The molecule has 2 aromatic rings. The molecule has 10 heteroatoms. The predicted octanol–water partition coefficient (Wildman–Crippen LogP) is 2.59. The number of hydrogen-bond acceptors (Lipinski definition) is 8. The third-order valence-electron chi connectivity index (χ3n) is 3.90.